The number of hydrogen-bond donors (Lipinski definition) is 0. The zero-order valence-corrected chi connectivity index (χ0v) is 13.0. The molecule has 2 atom stereocenters. The molecular formula is C11H15ISSe. The summed E-state index contributed by atoms with van der Waals surface area (Å²) in [5, 5.41) is 2.30. The van der Waals surface area contributed by atoms with Gasteiger partial charge in [0.15, 0.2) is 0 Å². The summed E-state index contributed by atoms with van der Waals surface area (Å²) in [7, 11) is 0. The number of thioether (sulfide) groups is 1. The summed E-state index contributed by atoms with van der Waals surface area (Å²) in [6.07, 6.45) is 7.95. The maximum atomic E-state index is 2.59. The Kier molecular flexibility index (Phi) is 4.48. The quantitative estimate of drug-likeness (QED) is 0.399. The van der Waals surface area contributed by atoms with Crippen molar-refractivity contribution < 1.29 is 0 Å². The SMILES string of the molecule is CCCCCC1=C(I)C2C=CSC2[Se]1. The van der Waals surface area contributed by atoms with E-state index < -0.39 is 0 Å². The Hall–Kier alpha value is 1.08. The van der Waals surface area contributed by atoms with E-state index in [2.05, 4.69) is 52.8 Å². The molecule has 0 aliphatic carbocycles. The molecule has 2 heterocycles. The van der Waals surface area contributed by atoms with Crippen LogP contribution in [-0.2, 0) is 0 Å². The van der Waals surface area contributed by atoms with E-state index in [-0.39, 0.29) is 0 Å². The maximum absolute atomic E-state index is 2.59. The number of fused-ring (bicyclic) bond motifs is 1. The van der Waals surface area contributed by atoms with Gasteiger partial charge in [-0.2, -0.15) is 0 Å². The summed E-state index contributed by atoms with van der Waals surface area (Å²) in [6, 6.07) is 0. The average molecular weight is 385 g/mol. The first kappa shape index (κ1) is 11.6. The van der Waals surface area contributed by atoms with Crippen molar-refractivity contribution in [1.82, 2.24) is 0 Å². The van der Waals surface area contributed by atoms with Crippen molar-refractivity contribution in [3.63, 3.8) is 0 Å². The number of halogens is 1. The van der Waals surface area contributed by atoms with Gasteiger partial charge in [-0.15, -0.1) is 0 Å². The standard InChI is InChI=1S/C11H15ISSe/c1-2-3-4-5-9-10(12)8-6-7-13-11(8)14-9/h6-8,11H,2-5H2,1H3. The Bertz CT molecular complexity index is 272. The van der Waals surface area contributed by atoms with Gasteiger partial charge >= 0.3 is 112 Å². The van der Waals surface area contributed by atoms with Crippen molar-refractivity contribution in [2.24, 2.45) is 5.92 Å². The van der Waals surface area contributed by atoms with E-state index in [1.54, 1.807) is 3.58 Å². The zero-order chi connectivity index (χ0) is 9.97. The van der Waals surface area contributed by atoms with Crippen LogP contribution in [0.5, 0.6) is 0 Å². The predicted octanol–water partition coefficient (Wildman–Crippen LogP) is 4.13. The fourth-order valence-electron chi connectivity index (χ4n) is 1.78. The van der Waals surface area contributed by atoms with Gasteiger partial charge in [0.1, 0.15) is 0 Å². The van der Waals surface area contributed by atoms with Gasteiger partial charge in [-0.3, -0.25) is 0 Å². The summed E-state index contributed by atoms with van der Waals surface area (Å²) in [4.78, 5) is 0. The van der Waals surface area contributed by atoms with Gasteiger partial charge in [-0.1, -0.05) is 0 Å². The van der Waals surface area contributed by atoms with Gasteiger partial charge in [0.25, 0.3) is 0 Å². The van der Waals surface area contributed by atoms with Crippen molar-refractivity contribution >= 4 is 49.3 Å². The molecule has 0 amide bonds. The van der Waals surface area contributed by atoms with Crippen LogP contribution in [-0.4, -0.2) is 19.1 Å². The van der Waals surface area contributed by atoms with Gasteiger partial charge in [0.2, 0.25) is 0 Å². The third kappa shape index (κ3) is 2.42. The van der Waals surface area contributed by atoms with E-state index in [1.165, 1.54) is 25.7 Å². The fraction of sp³-hybridized carbons (Fsp3) is 0.636. The van der Waals surface area contributed by atoms with Crippen LogP contribution in [0.3, 0.4) is 0 Å². The number of rotatable bonds is 4. The molecule has 0 aromatic carbocycles. The van der Waals surface area contributed by atoms with Crippen LogP contribution in [0.2, 0.25) is 0 Å². The van der Waals surface area contributed by atoms with Crippen molar-refractivity contribution in [2.75, 3.05) is 0 Å². The average Bonchev–Trinajstić information content (AvgIpc) is 2.72. The molecule has 0 bridgehead atoms. The number of unbranched alkanes of at least 4 members (excludes halogenated alkanes) is 2. The minimum atomic E-state index is 0.781. The molecule has 0 saturated heterocycles. The molecule has 14 heavy (non-hydrogen) atoms. The molecule has 2 rings (SSSR count). The van der Waals surface area contributed by atoms with Crippen molar-refractivity contribution in [1.29, 1.82) is 0 Å². The molecule has 2 aliphatic heterocycles. The molecule has 0 nitrogen and oxygen atoms in total. The summed E-state index contributed by atoms with van der Waals surface area (Å²) in [5.41, 5.74) is 0. The molecule has 78 valence electrons. The second kappa shape index (κ2) is 5.42. The van der Waals surface area contributed by atoms with Crippen molar-refractivity contribution in [3.05, 3.63) is 19.5 Å². The van der Waals surface area contributed by atoms with Gasteiger partial charge in [-0.05, 0) is 0 Å². The fourth-order valence-corrected chi connectivity index (χ4v) is 8.74. The Balaban J connectivity index is 1.92. The van der Waals surface area contributed by atoms with Crippen LogP contribution in [0.25, 0.3) is 0 Å². The van der Waals surface area contributed by atoms with Gasteiger partial charge in [-0.25, -0.2) is 0 Å². The minimum absolute atomic E-state index is 0.781. The zero-order valence-electron chi connectivity index (χ0n) is 8.33. The topological polar surface area (TPSA) is 0 Å². The van der Waals surface area contributed by atoms with Crippen molar-refractivity contribution in [2.45, 2.75) is 36.8 Å². The monoisotopic (exact) mass is 386 g/mol. The summed E-state index contributed by atoms with van der Waals surface area (Å²) in [5.74, 6) is 0.803. The van der Waals surface area contributed by atoms with Crippen LogP contribution in [0.15, 0.2) is 19.5 Å². The van der Waals surface area contributed by atoms with Gasteiger partial charge < -0.3 is 0 Å². The first-order valence-corrected chi connectivity index (χ1v) is 9.07. The molecule has 2 unspecified atom stereocenters. The summed E-state index contributed by atoms with van der Waals surface area (Å²) >= 11 is 5.44. The van der Waals surface area contributed by atoms with E-state index >= 15 is 0 Å². The number of hydrogen-bond acceptors (Lipinski definition) is 1. The molecule has 0 fully saturated rings. The Morgan fingerprint density at radius 2 is 2.36 bits per heavy atom. The van der Waals surface area contributed by atoms with Crippen LogP contribution < -0.4 is 0 Å². The molecule has 0 radical (unpaired) electrons. The number of allylic oxidation sites excluding steroid dienone is 3. The molecule has 0 saturated carbocycles. The third-order valence-electron chi connectivity index (χ3n) is 2.62. The summed E-state index contributed by atoms with van der Waals surface area (Å²) in [6.45, 7) is 2.28. The molecular weight excluding hydrogens is 370 g/mol. The molecule has 0 spiro atoms. The van der Waals surface area contributed by atoms with E-state index in [4.69, 9.17) is 0 Å². The molecule has 0 N–H and O–H groups in total. The van der Waals surface area contributed by atoms with Gasteiger partial charge in [0.05, 0.1) is 0 Å². The Morgan fingerprint density at radius 1 is 1.50 bits per heavy atom. The van der Waals surface area contributed by atoms with E-state index in [1.807, 2.05) is 4.47 Å². The first-order valence-electron chi connectivity index (χ1n) is 5.20. The third-order valence-corrected chi connectivity index (χ3v) is 9.47. The second-order valence-electron chi connectivity index (χ2n) is 3.70. The molecule has 3 heteroatoms. The first-order chi connectivity index (χ1) is 6.83. The second-order valence-corrected chi connectivity index (χ2v) is 9.19. The van der Waals surface area contributed by atoms with Crippen molar-refractivity contribution in [3.8, 4) is 0 Å². The van der Waals surface area contributed by atoms with Crippen LogP contribution in [0, 0.1) is 5.92 Å². The van der Waals surface area contributed by atoms with Crippen LogP contribution >= 0.6 is 34.4 Å². The normalized spacial score (nSPS) is 30.1. The van der Waals surface area contributed by atoms with E-state index in [0.717, 1.165) is 25.0 Å². The van der Waals surface area contributed by atoms with E-state index in [9.17, 15) is 0 Å². The van der Waals surface area contributed by atoms with Crippen LogP contribution in [0.1, 0.15) is 32.6 Å². The summed E-state index contributed by atoms with van der Waals surface area (Å²) < 4.78 is 4.43. The predicted molar refractivity (Wildman–Crippen MR) is 75.0 cm³/mol. The van der Waals surface area contributed by atoms with Crippen LogP contribution in [0.4, 0.5) is 0 Å². The molecule has 0 aromatic rings. The Morgan fingerprint density at radius 3 is 3.07 bits per heavy atom. The Labute approximate surface area is 111 Å². The van der Waals surface area contributed by atoms with E-state index in [0.29, 0.717) is 0 Å². The molecule has 2 aliphatic rings. The van der Waals surface area contributed by atoms with Gasteiger partial charge in [0, 0.05) is 0 Å². The molecule has 0 aromatic heterocycles.